The van der Waals surface area contributed by atoms with Crippen LogP contribution in [0.4, 0.5) is 0 Å². The number of hydrogen-bond acceptors (Lipinski definition) is 9. The maximum atomic E-state index is 11.1. The lowest BCUT2D eigenvalue weighted by molar-refractivity contribution is -0.161. The molecule has 0 spiro atoms. The van der Waals surface area contributed by atoms with Gasteiger partial charge in [-0.25, -0.2) is 4.98 Å². The van der Waals surface area contributed by atoms with Crippen molar-refractivity contribution < 1.29 is 19.1 Å². The number of aromatic amines is 1. The highest BCUT2D eigenvalue weighted by atomic mass is 32.2. The topological polar surface area (TPSA) is 81.3 Å². The van der Waals surface area contributed by atoms with Crippen LogP contribution in [-0.2, 0) is 19.1 Å². The summed E-state index contributed by atoms with van der Waals surface area (Å²) >= 11 is 12.4. The minimum atomic E-state index is -0.494. The number of carbonyl (C=O) groups excluding carboxylic acids is 2. The molecule has 0 bridgehead atoms. The van der Waals surface area contributed by atoms with E-state index < -0.39 is 12.2 Å². The summed E-state index contributed by atoms with van der Waals surface area (Å²) in [5.41, 5.74) is 0. The van der Waals surface area contributed by atoms with Gasteiger partial charge in [-0.3, -0.25) is 9.59 Å². The number of rotatable bonds is 11. The van der Waals surface area contributed by atoms with E-state index in [-0.39, 0.29) is 11.9 Å². The SMILES string of the molecule is CCC(C)SCC(OC(C)=O)C(CS)OC(C)=O.CCC(C)Sc1ccccn1.S=c1cccc[nH]1. The summed E-state index contributed by atoms with van der Waals surface area (Å²) in [5.74, 6) is 0.175. The number of H-pyrrole nitrogens is 1. The Balaban J connectivity index is 0.000000569. The highest BCUT2D eigenvalue weighted by Crippen LogP contribution is 2.22. The summed E-state index contributed by atoms with van der Waals surface area (Å²) < 4.78 is 11.1. The summed E-state index contributed by atoms with van der Waals surface area (Å²) in [6.07, 6.45) is 4.94. The van der Waals surface area contributed by atoms with Gasteiger partial charge in [0.2, 0.25) is 0 Å². The van der Waals surface area contributed by atoms with E-state index in [1.165, 1.54) is 20.3 Å². The summed E-state index contributed by atoms with van der Waals surface area (Å²) in [5, 5.41) is 2.27. The normalized spacial score (nSPS) is 13.4. The first-order valence-corrected chi connectivity index (χ1v) is 14.9. The zero-order valence-electron chi connectivity index (χ0n) is 22.0. The number of esters is 2. The smallest absolute Gasteiger partial charge is 0.303 e. The van der Waals surface area contributed by atoms with Crippen LogP contribution < -0.4 is 0 Å². The van der Waals surface area contributed by atoms with E-state index in [9.17, 15) is 9.59 Å². The van der Waals surface area contributed by atoms with Crippen molar-refractivity contribution >= 4 is 60.3 Å². The molecule has 0 aromatic carbocycles. The quantitative estimate of drug-likeness (QED) is 0.129. The van der Waals surface area contributed by atoms with Crippen LogP contribution in [-0.4, -0.2) is 56.1 Å². The number of hydrogen-bond donors (Lipinski definition) is 2. The van der Waals surface area contributed by atoms with Gasteiger partial charge in [-0.2, -0.15) is 24.4 Å². The third-order valence-corrected chi connectivity index (χ3v) is 7.82. The van der Waals surface area contributed by atoms with Crippen LogP contribution in [0.2, 0.25) is 0 Å². The molecular formula is C26H40N2O4S4. The third-order valence-electron chi connectivity index (χ3n) is 4.56. The first kappa shape index (κ1) is 34.5. The molecule has 6 nitrogen and oxygen atoms in total. The second-order valence-corrected chi connectivity index (χ2v) is 11.5. The summed E-state index contributed by atoms with van der Waals surface area (Å²) in [4.78, 5) is 29.1. The van der Waals surface area contributed by atoms with Gasteiger partial charge in [-0.1, -0.05) is 52.0 Å². The van der Waals surface area contributed by atoms with Crippen LogP contribution in [0.15, 0.2) is 53.8 Å². The first-order chi connectivity index (χ1) is 17.1. The van der Waals surface area contributed by atoms with E-state index in [0.717, 1.165) is 16.1 Å². The second kappa shape index (κ2) is 21.6. The van der Waals surface area contributed by atoms with E-state index in [1.54, 1.807) is 11.8 Å². The molecule has 1 N–H and O–H groups in total. The minimum Gasteiger partial charge on any atom is -0.458 e. The number of aromatic nitrogens is 2. The van der Waals surface area contributed by atoms with Crippen molar-refractivity contribution in [1.82, 2.24) is 9.97 Å². The maximum absolute atomic E-state index is 11.1. The Morgan fingerprint density at radius 3 is 2.03 bits per heavy atom. The highest BCUT2D eigenvalue weighted by Gasteiger charge is 2.26. The fourth-order valence-electron chi connectivity index (χ4n) is 2.33. The molecule has 4 unspecified atom stereocenters. The van der Waals surface area contributed by atoms with Crippen molar-refractivity contribution in [3.05, 3.63) is 53.4 Å². The van der Waals surface area contributed by atoms with Crippen molar-refractivity contribution in [2.75, 3.05) is 11.5 Å². The van der Waals surface area contributed by atoms with Crippen LogP contribution in [0.1, 0.15) is 54.4 Å². The third kappa shape index (κ3) is 18.7. The molecule has 2 aromatic rings. The number of thiol groups is 1. The molecule has 0 saturated heterocycles. The van der Waals surface area contributed by atoms with Crippen molar-refractivity contribution in [3.63, 3.8) is 0 Å². The molecule has 0 aliphatic rings. The number of pyridine rings is 2. The van der Waals surface area contributed by atoms with Crippen LogP contribution >= 0.6 is 48.4 Å². The van der Waals surface area contributed by atoms with E-state index in [0.29, 0.717) is 22.0 Å². The van der Waals surface area contributed by atoms with Gasteiger partial charge in [0.25, 0.3) is 0 Å². The number of thioether (sulfide) groups is 2. The second-order valence-electron chi connectivity index (χ2n) is 7.76. The van der Waals surface area contributed by atoms with Gasteiger partial charge < -0.3 is 14.5 Å². The number of ether oxygens (including phenoxy) is 2. The van der Waals surface area contributed by atoms with E-state index in [1.807, 2.05) is 54.5 Å². The molecule has 36 heavy (non-hydrogen) atoms. The molecule has 2 rings (SSSR count). The monoisotopic (exact) mass is 572 g/mol. The fourth-order valence-corrected chi connectivity index (χ4v) is 4.69. The van der Waals surface area contributed by atoms with Crippen molar-refractivity contribution in [3.8, 4) is 0 Å². The molecule has 2 aromatic heterocycles. The van der Waals surface area contributed by atoms with Crippen LogP contribution in [0, 0.1) is 4.64 Å². The lowest BCUT2D eigenvalue weighted by atomic mass is 10.2. The predicted octanol–water partition coefficient (Wildman–Crippen LogP) is 7.03. The zero-order chi connectivity index (χ0) is 27.3. The van der Waals surface area contributed by atoms with Gasteiger partial charge in [-0.05, 0) is 37.1 Å². The highest BCUT2D eigenvalue weighted by molar-refractivity contribution is 8.00. The van der Waals surface area contributed by atoms with Crippen LogP contribution in [0.3, 0.4) is 0 Å². The van der Waals surface area contributed by atoms with Gasteiger partial charge in [0, 0.05) is 48.2 Å². The molecule has 2 heterocycles. The molecule has 202 valence electrons. The minimum absolute atomic E-state index is 0.332. The summed E-state index contributed by atoms with van der Waals surface area (Å²) in [7, 11) is 0. The average Bonchev–Trinajstić information content (AvgIpc) is 2.86. The van der Waals surface area contributed by atoms with Crippen LogP contribution in [0.5, 0.6) is 0 Å². The largest absolute Gasteiger partial charge is 0.458 e. The Bertz CT molecular complexity index is 881. The number of carbonyl (C=O) groups is 2. The number of nitrogens with one attached hydrogen (secondary N) is 1. The Kier molecular flexibility index (Phi) is 20.7. The molecule has 4 atom stereocenters. The van der Waals surface area contributed by atoms with Gasteiger partial charge in [-0.15, -0.1) is 11.8 Å². The maximum Gasteiger partial charge on any atom is 0.303 e. The standard InChI is InChI=1S/C12H22O4S2.C9H13NS.C5H5NS/c1-5-8(2)18-7-12(16-10(4)14)11(6-17)15-9(3)13;1-3-8(2)11-9-6-4-5-7-10-9;7-5-3-1-2-4-6-5/h8,11-12,17H,5-7H2,1-4H3;4-8H,3H2,1-2H3;1-4H,(H,6,7). The molecule has 10 heteroatoms. The predicted molar refractivity (Wildman–Crippen MR) is 159 cm³/mol. The average molecular weight is 573 g/mol. The van der Waals surface area contributed by atoms with Crippen molar-refractivity contribution in [1.29, 1.82) is 0 Å². The summed E-state index contributed by atoms with van der Waals surface area (Å²) in [6, 6.07) is 11.7. The van der Waals surface area contributed by atoms with Gasteiger partial charge >= 0.3 is 11.9 Å². The zero-order valence-corrected chi connectivity index (χ0v) is 25.4. The molecule has 0 aliphatic carbocycles. The number of nitrogens with zero attached hydrogens (tertiary/aromatic N) is 1. The molecule has 0 amide bonds. The molecule has 0 aliphatic heterocycles. The molecular weight excluding hydrogens is 533 g/mol. The Morgan fingerprint density at radius 1 is 1.00 bits per heavy atom. The van der Waals surface area contributed by atoms with Crippen molar-refractivity contribution in [2.45, 2.75) is 82.1 Å². The molecule has 0 saturated carbocycles. The Morgan fingerprint density at radius 2 is 1.61 bits per heavy atom. The Hall–Kier alpha value is -1.49. The van der Waals surface area contributed by atoms with E-state index in [2.05, 4.69) is 56.4 Å². The first-order valence-electron chi connectivity index (χ1n) is 11.9. The van der Waals surface area contributed by atoms with Crippen molar-refractivity contribution in [2.24, 2.45) is 0 Å². The Labute approximate surface area is 235 Å². The molecule has 0 fully saturated rings. The van der Waals surface area contributed by atoms with E-state index in [4.69, 9.17) is 21.7 Å². The van der Waals surface area contributed by atoms with E-state index >= 15 is 0 Å². The fraction of sp³-hybridized carbons (Fsp3) is 0.538. The molecule has 0 radical (unpaired) electrons. The van der Waals surface area contributed by atoms with Gasteiger partial charge in [0.1, 0.15) is 16.8 Å². The summed E-state index contributed by atoms with van der Waals surface area (Å²) in [6.45, 7) is 11.3. The lowest BCUT2D eigenvalue weighted by Gasteiger charge is -2.25. The van der Waals surface area contributed by atoms with Crippen LogP contribution in [0.25, 0.3) is 0 Å². The lowest BCUT2D eigenvalue weighted by Crippen LogP contribution is -2.38. The van der Waals surface area contributed by atoms with Gasteiger partial charge in [0.15, 0.2) is 0 Å². The van der Waals surface area contributed by atoms with Gasteiger partial charge in [0.05, 0.1) is 5.03 Å².